The maximum absolute atomic E-state index is 13.4. The van der Waals surface area contributed by atoms with E-state index in [0.29, 0.717) is 18.4 Å². The predicted octanol–water partition coefficient (Wildman–Crippen LogP) is 7.64. The minimum atomic E-state index is -6.07. The zero-order valence-corrected chi connectivity index (χ0v) is 20.4. The molecule has 0 spiro atoms. The van der Waals surface area contributed by atoms with Crippen molar-refractivity contribution in [2.24, 2.45) is 0 Å². The quantitative estimate of drug-likeness (QED) is 0.241. The highest BCUT2D eigenvalue weighted by atomic mass is 32.1. The normalized spacial score (nSPS) is 16.5. The molecule has 1 aromatic heterocycles. The second kappa shape index (κ2) is 11.0. The molecule has 0 bridgehead atoms. The lowest BCUT2D eigenvalue weighted by molar-refractivity contribution is -0.376. The molecule has 1 saturated carbocycles. The fraction of sp³-hybridized carbons (Fsp3) is 0.458. The standard InChI is InChI=1S/C24H23F8NO3S/c1-3-4-5-13(2)10-16(14-6-9-17(36-21(25)26)18(11-14)35-15-7-8-15)19-12-33-20(37-19)22(34,23(27,28)29)24(30,31)32/h3-6,9,11-12,15-16,21,34H,7-8,10H2,1-2H3/b4-3-,13-5+. The highest BCUT2D eigenvalue weighted by Gasteiger charge is 2.73. The summed E-state index contributed by atoms with van der Waals surface area (Å²) in [6.07, 6.45) is -4.83. The third-order valence-corrected chi connectivity index (χ3v) is 6.72. The molecule has 4 nitrogen and oxygen atoms in total. The highest BCUT2D eigenvalue weighted by molar-refractivity contribution is 7.11. The SMILES string of the molecule is C/C=C\C=C(/C)CC(c1ccc(OC(F)F)c(OC2CC2)c1)c1cnc(C(O)(C(F)(F)F)C(F)(F)F)s1. The van der Waals surface area contributed by atoms with E-state index in [2.05, 4.69) is 9.72 Å². The van der Waals surface area contributed by atoms with Crippen LogP contribution in [0.4, 0.5) is 35.1 Å². The molecular formula is C24H23F8NO3S. The van der Waals surface area contributed by atoms with Gasteiger partial charge in [0, 0.05) is 17.0 Å². The molecule has 1 fully saturated rings. The van der Waals surface area contributed by atoms with Crippen LogP contribution in [0, 0.1) is 0 Å². The number of halogens is 8. The van der Waals surface area contributed by atoms with Gasteiger partial charge < -0.3 is 14.6 Å². The van der Waals surface area contributed by atoms with E-state index in [9.17, 15) is 40.2 Å². The molecule has 0 saturated heterocycles. The van der Waals surface area contributed by atoms with Crippen molar-refractivity contribution < 1.29 is 49.7 Å². The lowest BCUT2D eigenvalue weighted by Crippen LogP contribution is -2.53. The number of ether oxygens (including phenoxy) is 2. The van der Waals surface area contributed by atoms with Gasteiger partial charge in [-0.1, -0.05) is 29.9 Å². The first kappa shape index (κ1) is 28.9. The first-order valence-corrected chi connectivity index (χ1v) is 11.8. The number of aliphatic hydroxyl groups is 1. The number of aromatic nitrogens is 1. The van der Waals surface area contributed by atoms with Crippen molar-refractivity contribution in [3.8, 4) is 11.5 Å². The Bertz CT molecular complexity index is 1120. The topological polar surface area (TPSA) is 51.6 Å². The molecule has 2 aromatic rings. The van der Waals surface area contributed by atoms with Gasteiger partial charge in [0.1, 0.15) is 5.01 Å². The second-order valence-electron chi connectivity index (χ2n) is 8.47. The second-order valence-corrected chi connectivity index (χ2v) is 9.53. The number of rotatable bonds is 10. The number of allylic oxidation sites excluding steroid dienone is 4. The van der Waals surface area contributed by atoms with Gasteiger partial charge in [0.25, 0.3) is 0 Å². The largest absolute Gasteiger partial charge is 0.487 e. The minimum Gasteiger partial charge on any atom is -0.487 e. The number of nitrogens with zero attached hydrogens (tertiary/aromatic N) is 1. The summed E-state index contributed by atoms with van der Waals surface area (Å²) in [5.41, 5.74) is -4.07. The third kappa shape index (κ3) is 6.61. The summed E-state index contributed by atoms with van der Waals surface area (Å²) in [5, 5.41) is 8.19. The summed E-state index contributed by atoms with van der Waals surface area (Å²) in [7, 11) is 0. The van der Waals surface area contributed by atoms with Crippen LogP contribution in [-0.4, -0.2) is 35.2 Å². The Morgan fingerprint density at radius 3 is 2.32 bits per heavy atom. The van der Waals surface area contributed by atoms with Gasteiger partial charge in [-0.2, -0.15) is 35.1 Å². The van der Waals surface area contributed by atoms with Gasteiger partial charge in [0.05, 0.1) is 6.10 Å². The fourth-order valence-corrected chi connectivity index (χ4v) is 4.62. The molecule has 204 valence electrons. The summed E-state index contributed by atoms with van der Waals surface area (Å²) in [6.45, 7) is 0.336. The van der Waals surface area contributed by atoms with Gasteiger partial charge in [-0.05, 0) is 50.8 Å². The minimum absolute atomic E-state index is 0.00458. The number of benzene rings is 1. The molecule has 0 radical (unpaired) electrons. The van der Waals surface area contributed by atoms with Crippen LogP contribution in [0.25, 0.3) is 0 Å². The average molecular weight is 558 g/mol. The molecule has 1 aromatic carbocycles. The molecule has 1 aliphatic rings. The van der Waals surface area contributed by atoms with Crippen molar-refractivity contribution in [2.45, 2.75) is 69.7 Å². The van der Waals surface area contributed by atoms with E-state index in [0.717, 1.165) is 11.8 Å². The first-order chi connectivity index (χ1) is 17.2. The predicted molar refractivity (Wildman–Crippen MR) is 120 cm³/mol. The van der Waals surface area contributed by atoms with Crippen LogP contribution in [0.5, 0.6) is 11.5 Å². The summed E-state index contributed by atoms with van der Waals surface area (Å²) < 4.78 is 116. The van der Waals surface area contributed by atoms with Crippen LogP contribution in [0.3, 0.4) is 0 Å². The van der Waals surface area contributed by atoms with Crippen LogP contribution in [0.15, 0.2) is 48.2 Å². The van der Waals surface area contributed by atoms with Crippen LogP contribution in [0.1, 0.15) is 54.5 Å². The Morgan fingerprint density at radius 1 is 1.14 bits per heavy atom. The van der Waals surface area contributed by atoms with Crippen molar-refractivity contribution in [1.29, 1.82) is 0 Å². The van der Waals surface area contributed by atoms with Crippen LogP contribution >= 0.6 is 11.3 Å². The Hall–Kier alpha value is -2.67. The molecule has 1 aliphatic carbocycles. The zero-order chi connectivity index (χ0) is 27.6. The van der Waals surface area contributed by atoms with Crippen molar-refractivity contribution in [3.05, 3.63) is 63.6 Å². The molecule has 1 unspecified atom stereocenters. The van der Waals surface area contributed by atoms with Crippen LogP contribution < -0.4 is 9.47 Å². The average Bonchev–Trinajstić information content (AvgIpc) is 3.47. The fourth-order valence-electron chi connectivity index (χ4n) is 3.44. The molecule has 1 atom stereocenters. The number of thiazole rings is 1. The maximum Gasteiger partial charge on any atom is 0.433 e. The van der Waals surface area contributed by atoms with Gasteiger partial charge in [-0.3, -0.25) is 0 Å². The first-order valence-electron chi connectivity index (χ1n) is 11.0. The van der Waals surface area contributed by atoms with Gasteiger partial charge in [0.2, 0.25) is 0 Å². The van der Waals surface area contributed by atoms with Crippen LogP contribution in [-0.2, 0) is 5.60 Å². The number of alkyl halides is 8. The maximum atomic E-state index is 13.4. The summed E-state index contributed by atoms with van der Waals surface area (Å²) in [4.78, 5) is 3.31. The van der Waals surface area contributed by atoms with Crippen molar-refractivity contribution >= 4 is 11.3 Å². The third-order valence-electron chi connectivity index (χ3n) is 5.50. The Balaban J connectivity index is 2.10. The molecule has 0 aliphatic heterocycles. The van der Waals surface area contributed by atoms with Crippen molar-refractivity contribution in [2.75, 3.05) is 0 Å². The molecule has 0 amide bonds. The molecule has 13 heteroatoms. The molecule has 1 heterocycles. The molecule has 37 heavy (non-hydrogen) atoms. The summed E-state index contributed by atoms with van der Waals surface area (Å²) in [5.74, 6) is -1.10. The van der Waals surface area contributed by atoms with E-state index in [4.69, 9.17) is 4.74 Å². The zero-order valence-electron chi connectivity index (χ0n) is 19.5. The molecule has 3 rings (SSSR count). The Morgan fingerprint density at radius 2 is 1.78 bits per heavy atom. The van der Waals surface area contributed by atoms with Gasteiger partial charge in [-0.25, -0.2) is 4.98 Å². The molecular weight excluding hydrogens is 534 g/mol. The smallest absolute Gasteiger partial charge is 0.433 e. The van der Waals surface area contributed by atoms with E-state index in [1.165, 1.54) is 18.2 Å². The van der Waals surface area contributed by atoms with Gasteiger partial charge >= 0.3 is 24.6 Å². The van der Waals surface area contributed by atoms with Crippen molar-refractivity contribution in [1.82, 2.24) is 4.98 Å². The van der Waals surface area contributed by atoms with E-state index in [1.54, 1.807) is 32.1 Å². The summed E-state index contributed by atoms with van der Waals surface area (Å²) in [6, 6.07) is 3.97. The number of hydrogen-bond donors (Lipinski definition) is 1. The monoisotopic (exact) mass is 557 g/mol. The summed E-state index contributed by atoms with van der Waals surface area (Å²) >= 11 is 0.0709. The number of hydrogen-bond acceptors (Lipinski definition) is 5. The molecule has 1 N–H and O–H groups in total. The lowest BCUT2D eigenvalue weighted by Gasteiger charge is -2.30. The Kier molecular flexibility index (Phi) is 8.57. The van der Waals surface area contributed by atoms with E-state index in [1.807, 2.05) is 0 Å². The highest BCUT2D eigenvalue weighted by Crippen LogP contribution is 2.52. The van der Waals surface area contributed by atoms with Gasteiger partial charge in [-0.15, -0.1) is 11.3 Å². The van der Waals surface area contributed by atoms with E-state index >= 15 is 0 Å². The van der Waals surface area contributed by atoms with E-state index in [-0.39, 0.29) is 40.2 Å². The van der Waals surface area contributed by atoms with Gasteiger partial charge in [0.15, 0.2) is 11.5 Å². The van der Waals surface area contributed by atoms with E-state index < -0.39 is 35.5 Å². The van der Waals surface area contributed by atoms with Crippen LogP contribution in [0.2, 0.25) is 0 Å². The van der Waals surface area contributed by atoms with Crippen molar-refractivity contribution in [3.63, 3.8) is 0 Å². The Labute approximate surface area is 211 Å². The lowest BCUT2D eigenvalue weighted by atomic mass is 9.91.